The second-order valence-corrected chi connectivity index (χ2v) is 11.6. The smallest absolute Gasteiger partial charge is 0.304 e. The highest BCUT2D eigenvalue weighted by atomic mass is 32.3. The maximum atomic E-state index is 11.9. The summed E-state index contributed by atoms with van der Waals surface area (Å²) in [5, 5.41) is 18.0. The van der Waals surface area contributed by atoms with Crippen molar-refractivity contribution in [2.75, 3.05) is 6.54 Å². The Morgan fingerprint density at radius 1 is 1.18 bits per heavy atom. The van der Waals surface area contributed by atoms with Gasteiger partial charge in [-0.15, -0.1) is 15.9 Å². The van der Waals surface area contributed by atoms with Gasteiger partial charge in [-0.1, -0.05) is 36.4 Å². The van der Waals surface area contributed by atoms with E-state index in [-0.39, 0.29) is 29.8 Å². The zero-order chi connectivity index (χ0) is 27.0. The van der Waals surface area contributed by atoms with E-state index in [9.17, 15) is 19.0 Å². The number of carbonyl (C=O) groups is 1. The quantitative estimate of drug-likeness (QED) is 0.298. The lowest BCUT2D eigenvalue weighted by Crippen LogP contribution is -2.34. The van der Waals surface area contributed by atoms with Gasteiger partial charge in [0.05, 0.1) is 18.5 Å². The second kappa shape index (κ2) is 10.3. The molecule has 2 unspecified atom stereocenters. The number of carboxylic acids is 1. The van der Waals surface area contributed by atoms with Crippen LogP contribution in [0.25, 0.3) is 11.0 Å². The lowest BCUT2D eigenvalue weighted by Gasteiger charge is -2.41. The summed E-state index contributed by atoms with van der Waals surface area (Å²) in [6.07, 6.45) is 1.88. The Bertz CT molecular complexity index is 1490. The van der Waals surface area contributed by atoms with Crippen LogP contribution in [0, 0.1) is 6.92 Å². The number of hydrogen-bond donors (Lipinski definition) is 3. The molecule has 11 heteroatoms. The number of pyridine rings is 1. The van der Waals surface area contributed by atoms with Gasteiger partial charge in [0.1, 0.15) is 16.5 Å². The second-order valence-electron chi connectivity index (χ2n) is 9.59. The number of benzene rings is 2. The fourth-order valence-electron chi connectivity index (χ4n) is 4.85. The van der Waals surface area contributed by atoms with Crippen molar-refractivity contribution >= 4 is 27.8 Å². The van der Waals surface area contributed by atoms with E-state index in [1.807, 2.05) is 57.3 Å². The number of ether oxygens (including phenoxy) is 1. The summed E-state index contributed by atoms with van der Waals surface area (Å²) in [6, 6.07) is 14.9. The number of carboxylic acid groups (broad SMARTS) is 1. The molecule has 1 aliphatic heterocycles. The topological polar surface area (TPSA) is 134 Å². The average Bonchev–Trinajstić information content (AvgIpc) is 3.22. The molecule has 1 aliphatic rings. The number of nitrogens with zero attached hydrogens (tertiary/aromatic N) is 5. The largest absolute Gasteiger partial charge is 0.481 e. The molecule has 3 N–H and O–H groups in total. The van der Waals surface area contributed by atoms with E-state index in [4.69, 9.17) is 4.74 Å². The molecule has 0 aliphatic carbocycles. The van der Waals surface area contributed by atoms with Gasteiger partial charge in [-0.2, -0.15) is 4.31 Å². The molecule has 2 aromatic heterocycles. The fraction of sp³-hybridized carbons (Fsp3) is 0.333. The first-order chi connectivity index (χ1) is 18.2. The molecule has 0 amide bonds. The van der Waals surface area contributed by atoms with E-state index in [0.717, 1.165) is 27.8 Å². The summed E-state index contributed by atoms with van der Waals surface area (Å²) in [4.78, 5) is 16.4. The van der Waals surface area contributed by atoms with Crippen molar-refractivity contribution in [1.82, 2.24) is 24.3 Å². The van der Waals surface area contributed by atoms with Crippen LogP contribution in [0.3, 0.4) is 0 Å². The minimum atomic E-state index is -3.37. The number of aryl methyl sites for hydroxylation is 2. The summed E-state index contributed by atoms with van der Waals surface area (Å²) in [7, 11) is -1.56. The molecule has 2 atom stereocenters. The van der Waals surface area contributed by atoms with E-state index in [2.05, 4.69) is 15.3 Å². The first kappa shape index (κ1) is 26.1. The van der Waals surface area contributed by atoms with E-state index >= 15 is 0 Å². The molecule has 0 fully saturated rings. The molecular formula is C27H31N5O5S. The third-order valence-electron chi connectivity index (χ3n) is 7.07. The fourth-order valence-corrected chi connectivity index (χ4v) is 6.42. The van der Waals surface area contributed by atoms with Crippen LogP contribution in [-0.2, 0) is 18.4 Å². The Balaban J connectivity index is 1.52. The third-order valence-corrected chi connectivity index (χ3v) is 8.97. The van der Waals surface area contributed by atoms with Gasteiger partial charge in [-0.05, 0) is 59.9 Å². The van der Waals surface area contributed by atoms with Crippen molar-refractivity contribution in [3.63, 3.8) is 0 Å². The van der Waals surface area contributed by atoms with Crippen LogP contribution in [0.4, 0.5) is 0 Å². The SMILES string of the molecule is CCC1CN(Cc2cc(C(CC(=O)O)c3ccc4c(c3)nnn4C)ccc2C)S(O)(O)c2cccnc2O1. The number of aliphatic carboxylic acids is 1. The van der Waals surface area contributed by atoms with E-state index in [1.54, 1.807) is 27.3 Å². The lowest BCUT2D eigenvalue weighted by molar-refractivity contribution is -0.137. The predicted molar refractivity (Wildman–Crippen MR) is 144 cm³/mol. The Morgan fingerprint density at radius 2 is 1.95 bits per heavy atom. The van der Waals surface area contributed by atoms with E-state index < -0.39 is 22.7 Å². The average molecular weight is 538 g/mol. The van der Waals surface area contributed by atoms with Gasteiger partial charge in [0, 0.05) is 25.7 Å². The molecule has 0 radical (unpaired) electrons. The van der Waals surface area contributed by atoms with E-state index in [0.29, 0.717) is 18.5 Å². The minimum absolute atomic E-state index is 0.0992. The standard InChI is InChI=1S/C27H31N5O5S/c1-4-21-16-32(38(35,36)25-6-5-11-28-27(25)37-21)15-20-12-18(8-7-17(20)2)22(14-26(33)34)19-9-10-24-23(13-19)29-30-31(24)3/h5-13,21-22,35-36H,4,14-16H2,1-3H3,(H,33,34). The van der Waals surface area contributed by atoms with Crippen LogP contribution in [0.15, 0.2) is 59.6 Å². The number of hydrogen-bond acceptors (Lipinski definition) is 8. The molecule has 0 saturated heterocycles. The van der Waals surface area contributed by atoms with Gasteiger partial charge in [0.15, 0.2) is 0 Å². The molecule has 3 heterocycles. The van der Waals surface area contributed by atoms with Crippen molar-refractivity contribution in [3.05, 3.63) is 77.0 Å². The predicted octanol–water partition coefficient (Wildman–Crippen LogP) is 4.98. The molecule has 0 spiro atoms. The third kappa shape index (κ3) is 4.97. The molecule has 4 aromatic rings. The van der Waals surface area contributed by atoms with Crippen molar-refractivity contribution in [1.29, 1.82) is 0 Å². The van der Waals surface area contributed by atoms with Crippen LogP contribution in [-0.4, -0.2) is 57.1 Å². The molecule has 200 valence electrons. The molecule has 38 heavy (non-hydrogen) atoms. The van der Waals surface area contributed by atoms with Crippen molar-refractivity contribution in [3.8, 4) is 5.88 Å². The normalized spacial score (nSPS) is 18.8. The maximum Gasteiger partial charge on any atom is 0.304 e. The number of fused-ring (bicyclic) bond motifs is 2. The maximum absolute atomic E-state index is 11.9. The zero-order valence-electron chi connectivity index (χ0n) is 21.5. The van der Waals surface area contributed by atoms with Gasteiger partial charge in [0.2, 0.25) is 5.88 Å². The summed E-state index contributed by atoms with van der Waals surface area (Å²) in [5.41, 5.74) is 5.06. The van der Waals surface area contributed by atoms with Gasteiger partial charge in [-0.25, -0.2) is 9.67 Å². The number of rotatable bonds is 7. The highest BCUT2D eigenvalue weighted by Gasteiger charge is 2.35. The van der Waals surface area contributed by atoms with Gasteiger partial charge in [-0.3, -0.25) is 13.9 Å². The first-order valence-corrected chi connectivity index (χ1v) is 13.9. The molecule has 0 saturated carbocycles. The van der Waals surface area contributed by atoms with Crippen LogP contribution < -0.4 is 4.74 Å². The summed E-state index contributed by atoms with van der Waals surface area (Å²) in [6.45, 7) is 4.50. The first-order valence-electron chi connectivity index (χ1n) is 12.4. The molecule has 2 aromatic carbocycles. The van der Waals surface area contributed by atoms with Gasteiger partial charge >= 0.3 is 5.97 Å². The van der Waals surface area contributed by atoms with Crippen LogP contribution in [0.1, 0.15) is 47.9 Å². The zero-order valence-corrected chi connectivity index (χ0v) is 22.3. The van der Waals surface area contributed by atoms with Crippen LogP contribution in [0.2, 0.25) is 0 Å². The number of aromatic nitrogens is 4. The summed E-state index contributed by atoms with van der Waals surface area (Å²) >= 11 is 0. The van der Waals surface area contributed by atoms with E-state index in [1.165, 1.54) is 0 Å². The van der Waals surface area contributed by atoms with Gasteiger partial charge in [0.25, 0.3) is 0 Å². The minimum Gasteiger partial charge on any atom is -0.481 e. The lowest BCUT2D eigenvalue weighted by atomic mass is 9.86. The summed E-state index contributed by atoms with van der Waals surface area (Å²) in [5.74, 6) is -1.09. The van der Waals surface area contributed by atoms with Gasteiger partial charge < -0.3 is 9.84 Å². The highest BCUT2D eigenvalue weighted by molar-refractivity contribution is 8.22. The Labute approximate surface area is 222 Å². The molecule has 5 rings (SSSR count). The summed E-state index contributed by atoms with van der Waals surface area (Å²) < 4.78 is 32.1. The Morgan fingerprint density at radius 3 is 2.71 bits per heavy atom. The monoisotopic (exact) mass is 537 g/mol. The Hall–Kier alpha value is -3.51. The molecule has 10 nitrogen and oxygen atoms in total. The molecular weight excluding hydrogens is 506 g/mol. The highest BCUT2D eigenvalue weighted by Crippen LogP contribution is 2.57. The van der Waals surface area contributed by atoms with Crippen LogP contribution in [0.5, 0.6) is 5.88 Å². The van der Waals surface area contributed by atoms with Crippen molar-refractivity contribution < 1.29 is 23.7 Å². The van der Waals surface area contributed by atoms with Crippen molar-refractivity contribution in [2.45, 2.75) is 50.2 Å². The Kier molecular flexibility index (Phi) is 7.10. The van der Waals surface area contributed by atoms with Crippen molar-refractivity contribution in [2.24, 2.45) is 7.05 Å². The molecule has 0 bridgehead atoms. The van der Waals surface area contributed by atoms with Crippen LogP contribution >= 0.6 is 10.8 Å².